The van der Waals surface area contributed by atoms with Gasteiger partial charge in [0.2, 0.25) is 0 Å². The number of imidazole rings is 1. The number of hydrogen-bond acceptors (Lipinski definition) is 2. The minimum atomic E-state index is 0.712. The van der Waals surface area contributed by atoms with E-state index in [9.17, 15) is 0 Å². The second-order valence-electron chi connectivity index (χ2n) is 5.27. The van der Waals surface area contributed by atoms with Crippen LogP contribution in [-0.2, 0) is 13.0 Å². The third-order valence-electron chi connectivity index (χ3n) is 3.59. The van der Waals surface area contributed by atoms with Crippen LogP contribution >= 0.6 is 0 Å². The molecular weight excluding hydrogens is 272 g/mol. The molecule has 3 heteroatoms. The van der Waals surface area contributed by atoms with Crippen molar-refractivity contribution in [1.82, 2.24) is 9.55 Å². The highest BCUT2D eigenvalue weighted by Gasteiger charge is 2.04. The van der Waals surface area contributed by atoms with Crippen LogP contribution in [0.5, 0.6) is 5.75 Å². The van der Waals surface area contributed by atoms with Gasteiger partial charge in [-0.3, -0.25) is 0 Å². The standard InChI is InChI=1S/C19H20N2O/c1-2-7-17(8-3-1)15-18-9-4-5-10-19(18)22-14-6-12-21-13-11-20-16-21/h1-5,7-11,13,16H,6,12,14-15H2. The fraction of sp³-hybridized carbons (Fsp3) is 0.211. The van der Waals surface area contributed by atoms with E-state index in [4.69, 9.17) is 4.74 Å². The quantitative estimate of drug-likeness (QED) is 0.617. The van der Waals surface area contributed by atoms with Crippen molar-refractivity contribution in [3.8, 4) is 5.75 Å². The molecule has 0 aliphatic carbocycles. The number of benzene rings is 2. The highest BCUT2D eigenvalue weighted by molar-refractivity contribution is 5.37. The molecule has 22 heavy (non-hydrogen) atoms. The van der Waals surface area contributed by atoms with Crippen LogP contribution in [0, 0.1) is 0 Å². The van der Waals surface area contributed by atoms with Gasteiger partial charge in [0.1, 0.15) is 5.75 Å². The van der Waals surface area contributed by atoms with Crippen molar-refractivity contribution in [2.24, 2.45) is 0 Å². The molecule has 0 amide bonds. The maximum atomic E-state index is 5.97. The van der Waals surface area contributed by atoms with Crippen LogP contribution in [0.15, 0.2) is 73.3 Å². The average molecular weight is 292 g/mol. The van der Waals surface area contributed by atoms with Gasteiger partial charge < -0.3 is 9.30 Å². The van der Waals surface area contributed by atoms with E-state index in [-0.39, 0.29) is 0 Å². The number of nitrogens with zero attached hydrogens (tertiary/aromatic N) is 2. The Labute approximate surface area is 131 Å². The largest absolute Gasteiger partial charge is 0.493 e. The molecule has 0 aliphatic heterocycles. The summed E-state index contributed by atoms with van der Waals surface area (Å²) in [6, 6.07) is 18.8. The molecule has 0 N–H and O–H groups in total. The van der Waals surface area contributed by atoms with Crippen molar-refractivity contribution in [3.63, 3.8) is 0 Å². The molecule has 0 atom stereocenters. The molecule has 0 saturated heterocycles. The lowest BCUT2D eigenvalue weighted by Crippen LogP contribution is -2.04. The Balaban J connectivity index is 1.56. The number of para-hydroxylation sites is 1. The van der Waals surface area contributed by atoms with E-state index in [2.05, 4.69) is 52.0 Å². The Bertz CT molecular complexity index is 678. The summed E-state index contributed by atoms with van der Waals surface area (Å²) in [7, 11) is 0. The Morgan fingerprint density at radius 3 is 2.59 bits per heavy atom. The molecule has 3 rings (SSSR count). The topological polar surface area (TPSA) is 27.1 Å². The zero-order chi connectivity index (χ0) is 15.0. The van der Waals surface area contributed by atoms with Crippen LogP contribution in [-0.4, -0.2) is 16.2 Å². The van der Waals surface area contributed by atoms with Crippen molar-refractivity contribution in [1.29, 1.82) is 0 Å². The lowest BCUT2D eigenvalue weighted by atomic mass is 10.0. The molecule has 112 valence electrons. The van der Waals surface area contributed by atoms with Crippen LogP contribution in [0.4, 0.5) is 0 Å². The fourth-order valence-electron chi connectivity index (χ4n) is 2.45. The molecule has 0 aliphatic rings. The van der Waals surface area contributed by atoms with E-state index in [1.165, 1.54) is 11.1 Å². The van der Waals surface area contributed by atoms with Gasteiger partial charge in [0.15, 0.2) is 0 Å². The van der Waals surface area contributed by atoms with Gasteiger partial charge in [0.05, 0.1) is 12.9 Å². The predicted octanol–water partition coefficient (Wildman–Crippen LogP) is 3.94. The summed E-state index contributed by atoms with van der Waals surface area (Å²) in [5, 5.41) is 0. The summed E-state index contributed by atoms with van der Waals surface area (Å²) in [4.78, 5) is 4.04. The zero-order valence-corrected chi connectivity index (χ0v) is 12.6. The molecule has 0 unspecified atom stereocenters. The number of aromatic nitrogens is 2. The first-order valence-corrected chi connectivity index (χ1v) is 7.62. The summed E-state index contributed by atoms with van der Waals surface area (Å²) < 4.78 is 8.04. The molecule has 1 aromatic heterocycles. The van der Waals surface area contributed by atoms with E-state index < -0.39 is 0 Å². The van der Waals surface area contributed by atoms with Gasteiger partial charge in [0, 0.05) is 25.4 Å². The van der Waals surface area contributed by atoms with E-state index in [1.54, 1.807) is 6.20 Å². The SMILES string of the molecule is c1ccc(Cc2ccccc2OCCCn2ccnc2)cc1. The molecular formula is C19H20N2O. The van der Waals surface area contributed by atoms with Crippen LogP contribution in [0.1, 0.15) is 17.5 Å². The number of hydrogen-bond donors (Lipinski definition) is 0. The predicted molar refractivity (Wildman–Crippen MR) is 88.0 cm³/mol. The Kier molecular flexibility index (Phi) is 4.88. The van der Waals surface area contributed by atoms with E-state index >= 15 is 0 Å². The smallest absolute Gasteiger partial charge is 0.122 e. The Morgan fingerprint density at radius 1 is 0.955 bits per heavy atom. The van der Waals surface area contributed by atoms with Gasteiger partial charge >= 0.3 is 0 Å². The number of ether oxygens (including phenoxy) is 1. The highest BCUT2D eigenvalue weighted by atomic mass is 16.5. The molecule has 0 spiro atoms. The molecule has 0 radical (unpaired) electrons. The first kappa shape index (κ1) is 14.4. The highest BCUT2D eigenvalue weighted by Crippen LogP contribution is 2.21. The third-order valence-corrected chi connectivity index (χ3v) is 3.59. The summed E-state index contributed by atoms with van der Waals surface area (Å²) in [5.41, 5.74) is 2.54. The molecule has 3 aromatic rings. The maximum absolute atomic E-state index is 5.97. The van der Waals surface area contributed by atoms with Gasteiger partial charge in [-0.2, -0.15) is 0 Å². The third kappa shape index (κ3) is 3.98. The second-order valence-corrected chi connectivity index (χ2v) is 5.27. The monoisotopic (exact) mass is 292 g/mol. The molecule has 1 heterocycles. The van der Waals surface area contributed by atoms with Crippen molar-refractivity contribution in [2.75, 3.05) is 6.61 Å². The van der Waals surface area contributed by atoms with Crippen molar-refractivity contribution >= 4 is 0 Å². The first-order chi connectivity index (χ1) is 10.9. The van der Waals surface area contributed by atoms with Gasteiger partial charge in [-0.25, -0.2) is 4.98 Å². The second kappa shape index (κ2) is 7.46. The van der Waals surface area contributed by atoms with Crippen molar-refractivity contribution in [3.05, 3.63) is 84.4 Å². The summed E-state index contributed by atoms with van der Waals surface area (Å²) in [5.74, 6) is 0.983. The first-order valence-electron chi connectivity index (χ1n) is 7.62. The zero-order valence-electron chi connectivity index (χ0n) is 12.6. The van der Waals surface area contributed by atoms with Crippen LogP contribution in [0.25, 0.3) is 0 Å². The lowest BCUT2D eigenvalue weighted by Gasteiger charge is -2.11. The molecule has 0 bridgehead atoms. The average Bonchev–Trinajstić information content (AvgIpc) is 3.07. The van der Waals surface area contributed by atoms with Gasteiger partial charge in [0.25, 0.3) is 0 Å². The van der Waals surface area contributed by atoms with Gasteiger partial charge in [-0.15, -0.1) is 0 Å². The molecule has 0 saturated carbocycles. The van der Waals surface area contributed by atoms with Crippen molar-refractivity contribution < 1.29 is 4.74 Å². The summed E-state index contributed by atoms with van der Waals surface area (Å²) in [6.45, 7) is 1.64. The Morgan fingerprint density at radius 2 is 1.77 bits per heavy atom. The van der Waals surface area contributed by atoms with E-state index in [0.717, 1.165) is 25.1 Å². The number of aryl methyl sites for hydroxylation is 1. The normalized spacial score (nSPS) is 10.5. The molecule has 0 fully saturated rings. The van der Waals surface area contributed by atoms with Crippen LogP contribution in [0.2, 0.25) is 0 Å². The summed E-state index contributed by atoms with van der Waals surface area (Å²) >= 11 is 0. The number of rotatable bonds is 7. The minimum absolute atomic E-state index is 0.712. The molecule has 2 aromatic carbocycles. The Hall–Kier alpha value is -2.55. The van der Waals surface area contributed by atoms with Crippen LogP contribution in [0.3, 0.4) is 0 Å². The van der Waals surface area contributed by atoms with Gasteiger partial charge in [-0.05, 0) is 23.6 Å². The van der Waals surface area contributed by atoms with E-state index in [0.29, 0.717) is 6.61 Å². The molecule has 3 nitrogen and oxygen atoms in total. The van der Waals surface area contributed by atoms with Crippen molar-refractivity contribution in [2.45, 2.75) is 19.4 Å². The fourth-order valence-corrected chi connectivity index (χ4v) is 2.45. The minimum Gasteiger partial charge on any atom is -0.493 e. The lowest BCUT2D eigenvalue weighted by molar-refractivity contribution is 0.299. The maximum Gasteiger partial charge on any atom is 0.122 e. The van der Waals surface area contributed by atoms with Gasteiger partial charge in [-0.1, -0.05) is 48.5 Å². The summed E-state index contributed by atoms with van der Waals surface area (Å²) in [6.07, 6.45) is 7.48. The van der Waals surface area contributed by atoms with Crippen LogP contribution < -0.4 is 4.74 Å². The van der Waals surface area contributed by atoms with E-state index in [1.807, 2.05) is 24.7 Å².